The second kappa shape index (κ2) is 53.3. The van der Waals surface area contributed by atoms with Gasteiger partial charge in [0.1, 0.15) is 109 Å². The van der Waals surface area contributed by atoms with Gasteiger partial charge in [-0.25, -0.2) is 114 Å². The maximum atomic E-state index is 14.9. The molecule has 5 aromatic heterocycles. The van der Waals surface area contributed by atoms with Gasteiger partial charge < -0.3 is 35.1 Å². The summed E-state index contributed by atoms with van der Waals surface area (Å²) in [7, 11) is 0. The fraction of sp³-hybridized carbons (Fsp3) is 0.191. The molecule has 0 fully saturated rings. The number of rotatable bonds is 20. The number of aliphatic hydroxyl groups is 2. The summed E-state index contributed by atoms with van der Waals surface area (Å²) in [5.41, 5.74) is 0.461. The van der Waals surface area contributed by atoms with Crippen LogP contribution >= 0.6 is 98.5 Å². The second-order valence-electron chi connectivity index (χ2n) is 30.7. The van der Waals surface area contributed by atoms with E-state index >= 15 is 0 Å². The van der Waals surface area contributed by atoms with Gasteiger partial charge in [0.25, 0.3) is 32.1 Å². The van der Waals surface area contributed by atoms with E-state index in [-0.39, 0.29) is 134 Å². The van der Waals surface area contributed by atoms with Gasteiger partial charge in [-0.3, -0.25) is 47.9 Å². The smallest absolute Gasteiger partial charge is 0.256 e. The summed E-state index contributed by atoms with van der Waals surface area (Å²) in [6.45, 7) is 4.77. The highest BCUT2D eigenvalue weighted by Gasteiger charge is 2.30. The Labute approximate surface area is 865 Å². The summed E-state index contributed by atoms with van der Waals surface area (Å²) < 4.78 is 274. The topological polar surface area (TPSA) is 364 Å². The Balaban J connectivity index is 0.000000215. The predicted octanol–water partition coefficient (Wildman–Crippen LogP) is 24.6. The molecule has 25 nitrogen and oxygen atoms in total. The maximum absolute atomic E-state index is 14.9. The molecule has 0 aliphatic rings. The van der Waals surface area contributed by atoms with Gasteiger partial charge in [-0.2, -0.15) is 19.9 Å². The molecule has 0 aliphatic heterocycles. The molecule has 770 valence electrons. The zero-order valence-corrected chi connectivity index (χ0v) is 84.5. The van der Waals surface area contributed by atoms with E-state index in [9.17, 15) is 92.9 Å². The lowest BCUT2D eigenvalue weighted by Gasteiger charge is -2.26. The van der Waals surface area contributed by atoms with Crippen molar-refractivity contribution in [2.24, 2.45) is 17.5 Å². The maximum Gasteiger partial charge on any atom is 0.256 e. The standard InChI is InChI=1S/C23H21F4N5O.C18H14BrF4N5.C16H9BrClF4N3.C16H12BrF4N5.C8H7BrF3N.C8H3Cl2FN2.C5H8O.H4N2/c1-13(28)32-18-6-4-5-17(25)20(18)21(30-22(32)29)31(12-19(26)27)16-10-14(9-15(24)11-16)7-8-23(2,3)33;1-9(24)28-14-4-2-3-13(21)16(14)17(26-18(28)25)27(8-15(22)23)12-6-10(19)5-11(20)7-12;17-8-4-9(19)6-10(5-8)25(7-13(21)22)15-14-11(20)2-1-3-12(14)23-16(18)24-15;17-8-4-9(18)6-10(5-8)26(7-13(20)21)15-14-11(19)2-1-3-12(14)23-16(24-15)25-22;9-5-1-6(10)3-7(2-5)13-4-8(11)12;9-7-6-4(11)2-1-3-5(6)12-8(10)13-7;1-4-5(2,3)6;1-2/h4-6,9-11,19,28-29,33H,12H2,1-3H3;2-7,15,24-25H,8H2,1H3;1-6,13H,7H2;1-6,13H,7,22H2,(H,23,24,25);1-3,8,13H,4H2;1-3H;1,6H,2-3H3;1-2H2. The van der Waals surface area contributed by atoms with Crippen molar-refractivity contribution in [1.29, 1.82) is 21.6 Å². The van der Waals surface area contributed by atoms with E-state index < -0.39 is 145 Å². The van der Waals surface area contributed by atoms with E-state index in [4.69, 9.17) is 73.8 Å². The Morgan fingerprint density at radius 3 is 1.08 bits per heavy atom. The Kier molecular flexibility index (Phi) is 43.2. The van der Waals surface area contributed by atoms with E-state index in [2.05, 4.69) is 144 Å². The number of hydrogen-bond acceptors (Lipinski definition) is 23. The molecule has 5 heterocycles. The fourth-order valence-corrected chi connectivity index (χ4v) is 15.5. The van der Waals surface area contributed by atoms with Crippen molar-refractivity contribution in [2.75, 3.05) is 63.1 Å². The molecule has 0 bridgehead atoms. The molecule has 0 atom stereocenters. The fourth-order valence-electron chi connectivity index (χ4n) is 13.1. The average molecular weight is 2370 g/mol. The van der Waals surface area contributed by atoms with Crippen LogP contribution in [0.2, 0.25) is 15.7 Å². The summed E-state index contributed by atoms with van der Waals surface area (Å²) in [6.07, 6.45) is -8.95. The van der Waals surface area contributed by atoms with E-state index in [1.54, 1.807) is 19.9 Å². The lowest BCUT2D eigenvalue weighted by atomic mass is 10.1. The minimum Gasteiger partial charge on any atom is -0.379 e. The lowest BCUT2D eigenvalue weighted by molar-refractivity contribution is 0.143. The number of alkyl halides is 10. The van der Waals surface area contributed by atoms with Crippen LogP contribution in [0, 0.1) is 104 Å². The van der Waals surface area contributed by atoms with Crippen molar-refractivity contribution in [2.45, 2.75) is 84.9 Å². The third kappa shape index (κ3) is 33.5. The third-order valence-electron chi connectivity index (χ3n) is 18.6. The number of nitrogens with zero attached hydrogens (tertiary/aromatic N) is 14. The summed E-state index contributed by atoms with van der Waals surface area (Å²) in [4.78, 5) is 35.2. The van der Waals surface area contributed by atoms with Crippen molar-refractivity contribution < 1.29 is 98.0 Å². The molecule has 0 saturated carbocycles. The van der Waals surface area contributed by atoms with Gasteiger partial charge >= 0.3 is 0 Å². The molecule has 146 heavy (non-hydrogen) atoms. The average Bonchev–Trinajstić information content (AvgIpc) is 0.765. The van der Waals surface area contributed by atoms with Crippen LogP contribution in [0.25, 0.3) is 54.5 Å². The number of halogens is 27. The number of hydrogen-bond donors (Lipinski definition) is 11. The first kappa shape index (κ1) is 118. The molecule has 15 aromatic rings. The van der Waals surface area contributed by atoms with Crippen LogP contribution in [-0.4, -0.2) is 147 Å². The van der Waals surface area contributed by atoms with Crippen LogP contribution in [0.5, 0.6) is 0 Å². The quantitative estimate of drug-likeness (QED) is 0.00493. The Morgan fingerprint density at radius 2 is 0.733 bits per heavy atom. The summed E-state index contributed by atoms with van der Waals surface area (Å²) in [5, 5.41) is 52.4. The number of nitrogens with one attached hydrogen (secondary N) is 6. The molecule has 52 heteroatoms. The van der Waals surface area contributed by atoms with E-state index in [0.717, 1.165) is 95.5 Å². The molecule has 14 N–H and O–H groups in total. The molecule has 0 saturated heterocycles. The van der Waals surface area contributed by atoms with Crippen molar-refractivity contribution in [1.82, 2.24) is 49.0 Å². The van der Waals surface area contributed by atoms with Crippen LogP contribution in [0.4, 0.5) is 145 Å². The Hall–Kier alpha value is -13.1. The van der Waals surface area contributed by atoms with Crippen molar-refractivity contribution >= 4 is 222 Å². The molecule has 10 aromatic carbocycles. The summed E-state index contributed by atoms with van der Waals surface area (Å²) in [5.74, 6) is 12.8. The predicted molar refractivity (Wildman–Crippen MR) is 536 cm³/mol. The monoisotopic (exact) mass is 2360 g/mol. The molecular formula is C94H78Br4Cl3F20N23O2. The van der Waals surface area contributed by atoms with Gasteiger partial charge in [0.05, 0.1) is 87.2 Å². The lowest BCUT2D eigenvalue weighted by Crippen LogP contribution is -2.33. The molecule has 0 amide bonds. The van der Waals surface area contributed by atoms with Gasteiger partial charge in [0, 0.05) is 51.9 Å². The van der Waals surface area contributed by atoms with Crippen LogP contribution in [0.1, 0.15) is 47.1 Å². The zero-order valence-electron chi connectivity index (χ0n) is 75.9. The molecular weight excluding hydrogens is 2290 g/mol. The number of nitrogens with two attached hydrogens (primary N) is 3. The molecule has 15 rings (SSSR count). The SMILES string of the molecule is C#CC(C)(C)O.CC(=N)n1c(=N)nc(N(CC(F)F)c2cc(F)cc(Br)c2)c2c(F)cccc21.CC(=N)n1c(=N)nc(N(CC(F)F)c2cc(F)cc(C#CC(C)(C)O)c2)c2c(F)cccc21.Fc1cc(Br)cc(N(CC(F)F)c2nc(Cl)nc3cccc(F)c23)c1.Fc1cc(Br)cc(NCC(F)F)c1.Fc1cccc2nc(Cl)nc(Cl)c12.NN.NNc1nc(N(CC(F)F)c2cc(F)cc(Br)c2)c2c(F)cccc2n1. The third-order valence-corrected chi connectivity index (χ3v) is 21.0. The molecule has 0 radical (unpaired) electrons. The van der Waals surface area contributed by atoms with Crippen molar-refractivity contribution in [3.05, 3.63) is 291 Å². The minimum atomic E-state index is -2.91. The van der Waals surface area contributed by atoms with E-state index in [1.807, 2.05) is 0 Å². The molecule has 0 aliphatic carbocycles. The van der Waals surface area contributed by atoms with Crippen molar-refractivity contribution in [3.8, 4) is 24.2 Å². The Morgan fingerprint density at radius 1 is 0.418 bits per heavy atom. The minimum absolute atomic E-state index is 0.0168. The number of fused-ring (bicyclic) bond motifs is 5. The second-order valence-corrected chi connectivity index (χ2v) is 35.4. The first-order chi connectivity index (χ1) is 68.6. The highest BCUT2D eigenvalue weighted by atomic mass is 79.9. The first-order valence-electron chi connectivity index (χ1n) is 41.3. The largest absolute Gasteiger partial charge is 0.379 e. The Bertz CT molecular complexity index is 7400. The van der Waals surface area contributed by atoms with Crippen LogP contribution in [0.15, 0.2) is 200 Å². The number of hydrazine groups is 2. The molecule has 0 unspecified atom stereocenters. The number of terminal acetylenes is 1. The highest BCUT2D eigenvalue weighted by molar-refractivity contribution is 9.11. The van der Waals surface area contributed by atoms with Gasteiger partial charge in [-0.05, 0) is 216 Å². The van der Waals surface area contributed by atoms with E-state index in [1.165, 1.54) is 137 Å². The van der Waals surface area contributed by atoms with E-state index in [0.29, 0.717) is 29.1 Å². The van der Waals surface area contributed by atoms with Gasteiger partial charge in [0.2, 0.25) is 27.8 Å². The molecule has 0 spiro atoms. The number of anilines is 10. The van der Waals surface area contributed by atoms with Crippen LogP contribution < -0.4 is 59.1 Å². The van der Waals surface area contributed by atoms with Crippen LogP contribution in [-0.2, 0) is 0 Å². The highest BCUT2D eigenvalue weighted by Crippen LogP contribution is 2.41. The first-order valence-corrected chi connectivity index (χ1v) is 45.6. The number of aromatic nitrogens is 10. The zero-order chi connectivity index (χ0) is 109. The number of benzene rings is 10. The summed E-state index contributed by atoms with van der Waals surface area (Å²) >= 11 is 29.5. The van der Waals surface area contributed by atoms with Gasteiger partial charge in [-0.15, -0.1) is 6.42 Å². The van der Waals surface area contributed by atoms with Crippen LogP contribution in [0.3, 0.4) is 0 Å². The van der Waals surface area contributed by atoms with Crippen molar-refractivity contribution in [3.63, 3.8) is 0 Å². The van der Waals surface area contributed by atoms with Gasteiger partial charge in [-0.1, -0.05) is 123 Å². The van der Waals surface area contributed by atoms with Gasteiger partial charge in [0.15, 0.2) is 0 Å². The number of nitrogen functional groups attached to an aromatic ring is 1. The normalized spacial score (nSPS) is 11.0. The summed E-state index contributed by atoms with van der Waals surface area (Å²) in [6, 6.07) is 38.7.